The van der Waals surface area contributed by atoms with Crippen molar-refractivity contribution < 1.29 is 30.9 Å². The zero-order valence-corrected chi connectivity index (χ0v) is 20.4. The van der Waals surface area contributed by atoms with Crippen LogP contribution in [0.4, 0.5) is 0 Å². The van der Waals surface area contributed by atoms with E-state index >= 15 is 0 Å². The SMILES string of the molecule is COc1cc2c(cc1OCc1ccccc1)C[N+](C)(Cc1ccc(Br)nc1)CC2.[Br-]. The molecule has 0 bridgehead atoms. The Kier molecular flexibility index (Phi) is 7.55. The fourth-order valence-corrected chi connectivity index (χ4v) is 4.22. The molecule has 1 aliphatic heterocycles. The van der Waals surface area contributed by atoms with Gasteiger partial charge in [-0.1, -0.05) is 30.3 Å². The van der Waals surface area contributed by atoms with Crippen molar-refractivity contribution >= 4 is 15.9 Å². The fraction of sp³-hybridized carbons (Fsp3) is 0.292. The van der Waals surface area contributed by atoms with Crippen molar-refractivity contribution in [2.24, 2.45) is 0 Å². The van der Waals surface area contributed by atoms with E-state index in [0.29, 0.717) is 6.61 Å². The first-order valence-corrected chi connectivity index (χ1v) is 10.6. The first kappa shape index (κ1) is 22.8. The monoisotopic (exact) mass is 532 g/mol. The van der Waals surface area contributed by atoms with E-state index in [-0.39, 0.29) is 17.0 Å². The lowest BCUT2D eigenvalue weighted by molar-refractivity contribution is -0.937. The minimum absolute atomic E-state index is 0. The number of halogens is 2. The topological polar surface area (TPSA) is 31.4 Å². The van der Waals surface area contributed by atoms with Crippen LogP contribution in [-0.4, -0.2) is 30.2 Å². The highest BCUT2D eigenvalue weighted by atomic mass is 79.9. The Morgan fingerprint density at radius 1 is 1.00 bits per heavy atom. The molecular formula is C24H26Br2N2O2. The lowest BCUT2D eigenvalue weighted by atomic mass is 9.96. The maximum atomic E-state index is 6.13. The highest BCUT2D eigenvalue weighted by Crippen LogP contribution is 2.36. The third-order valence-corrected chi connectivity index (χ3v) is 6.02. The molecule has 1 aromatic heterocycles. The Hall–Kier alpha value is -1.89. The Bertz CT molecular complexity index is 981. The van der Waals surface area contributed by atoms with Gasteiger partial charge in [-0.25, -0.2) is 4.98 Å². The van der Waals surface area contributed by atoms with E-state index < -0.39 is 0 Å². The van der Waals surface area contributed by atoms with Crippen molar-refractivity contribution in [3.05, 3.63) is 87.7 Å². The summed E-state index contributed by atoms with van der Waals surface area (Å²) in [5.74, 6) is 1.63. The number of quaternary nitrogens is 1. The summed E-state index contributed by atoms with van der Waals surface area (Å²) in [5.41, 5.74) is 5.11. The van der Waals surface area contributed by atoms with Gasteiger partial charge in [0.25, 0.3) is 0 Å². The number of likely N-dealkylation sites (N-methyl/N-ethyl adjacent to an activating group) is 1. The molecule has 0 saturated heterocycles. The smallest absolute Gasteiger partial charge is 0.162 e. The van der Waals surface area contributed by atoms with Gasteiger partial charge in [0.15, 0.2) is 11.5 Å². The molecule has 2 aromatic carbocycles. The predicted octanol–water partition coefficient (Wildman–Crippen LogP) is 2.14. The molecule has 0 fully saturated rings. The third kappa shape index (κ3) is 5.42. The summed E-state index contributed by atoms with van der Waals surface area (Å²) in [6, 6.07) is 18.7. The molecule has 0 aliphatic carbocycles. The van der Waals surface area contributed by atoms with Crippen LogP contribution in [0.15, 0.2) is 65.4 Å². The largest absolute Gasteiger partial charge is 1.00 e. The molecule has 2 heterocycles. The van der Waals surface area contributed by atoms with Crippen LogP contribution >= 0.6 is 15.9 Å². The number of pyridine rings is 1. The first-order valence-electron chi connectivity index (χ1n) is 9.85. The lowest BCUT2D eigenvalue weighted by Crippen LogP contribution is -3.00. The number of fused-ring (bicyclic) bond motifs is 1. The van der Waals surface area contributed by atoms with Crippen LogP contribution in [0.25, 0.3) is 0 Å². The summed E-state index contributed by atoms with van der Waals surface area (Å²) in [6.45, 7) is 3.56. The van der Waals surface area contributed by atoms with Gasteiger partial charge in [0.05, 0.1) is 20.7 Å². The number of ether oxygens (including phenoxy) is 2. The van der Waals surface area contributed by atoms with Gasteiger partial charge >= 0.3 is 0 Å². The molecular weight excluding hydrogens is 508 g/mol. The summed E-state index contributed by atoms with van der Waals surface area (Å²) in [4.78, 5) is 4.38. The van der Waals surface area contributed by atoms with Crippen molar-refractivity contribution in [2.45, 2.75) is 26.1 Å². The zero-order chi connectivity index (χ0) is 20.3. The molecule has 4 rings (SSSR count). The molecule has 0 amide bonds. The molecule has 3 aromatic rings. The van der Waals surface area contributed by atoms with Crippen LogP contribution < -0.4 is 26.5 Å². The first-order chi connectivity index (χ1) is 14.0. The van der Waals surface area contributed by atoms with Gasteiger partial charge in [-0.3, -0.25) is 0 Å². The average molecular weight is 534 g/mol. The van der Waals surface area contributed by atoms with Crippen LogP contribution in [0.3, 0.4) is 0 Å². The van der Waals surface area contributed by atoms with Crippen molar-refractivity contribution in [2.75, 3.05) is 20.7 Å². The van der Waals surface area contributed by atoms with Crippen LogP contribution in [-0.2, 0) is 26.1 Å². The molecule has 1 atom stereocenters. The molecule has 1 unspecified atom stereocenters. The van der Waals surface area contributed by atoms with E-state index in [1.165, 1.54) is 16.7 Å². The number of methoxy groups -OCH3 is 1. The number of rotatable bonds is 6. The second kappa shape index (κ2) is 9.94. The lowest BCUT2D eigenvalue weighted by Gasteiger charge is -2.39. The molecule has 0 spiro atoms. The summed E-state index contributed by atoms with van der Waals surface area (Å²) in [5, 5.41) is 0. The van der Waals surface area contributed by atoms with Gasteiger partial charge in [-0.15, -0.1) is 0 Å². The highest BCUT2D eigenvalue weighted by molar-refractivity contribution is 9.10. The molecule has 30 heavy (non-hydrogen) atoms. The molecule has 6 heteroatoms. The highest BCUT2D eigenvalue weighted by Gasteiger charge is 2.30. The molecule has 1 aliphatic rings. The predicted molar refractivity (Wildman–Crippen MR) is 118 cm³/mol. The minimum atomic E-state index is 0. The summed E-state index contributed by atoms with van der Waals surface area (Å²) in [6.07, 6.45) is 3.00. The Labute approximate surface area is 197 Å². The maximum Gasteiger partial charge on any atom is 0.162 e. The summed E-state index contributed by atoms with van der Waals surface area (Å²) in [7, 11) is 4.03. The van der Waals surface area contributed by atoms with E-state index in [0.717, 1.165) is 52.2 Å². The van der Waals surface area contributed by atoms with Crippen LogP contribution in [0.2, 0.25) is 0 Å². The van der Waals surface area contributed by atoms with E-state index in [1.54, 1.807) is 7.11 Å². The average Bonchev–Trinajstić information content (AvgIpc) is 2.74. The Balaban J connectivity index is 0.00000256. The maximum absolute atomic E-state index is 6.13. The number of nitrogens with zero attached hydrogens (tertiary/aromatic N) is 2. The normalized spacial score (nSPS) is 17.6. The van der Waals surface area contributed by atoms with Crippen molar-refractivity contribution in [3.63, 3.8) is 0 Å². The van der Waals surface area contributed by atoms with Gasteiger partial charge < -0.3 is 30.9 Å². The van der Waals surface area contributed by atoms with Gasteiger partial charge in [0.2, 0.25) is 0 Å². The molecule has 4 nitrogen and oxygen atoms in total. The van der Waals surface area contributed by atoms with Crippen LogP contribution in [0, 0.1) is 0 Å². The van der Waals surface area contributed by atoms with Crippen molar-refractivity contribution in [1.29, 1.82) is 0 Å². The standard InChI is InChI=1S/C24H26BrN2O2.BrH/c1-27(15-19-8-9-24(25)26-14-19)11-10-20-12-22(28-2)23(13-21(20)16-27)29-17-18-6-4-3-5-7-18;/h3-9,12-14H,10-11,15-17H2,1-2H3;1H/q+1;/p-1. The Morgan fingerprint density at radius 2 is 1.77 bits per heavy atom. The minimum Gasteiger partial charge on any atom is -1.00 e. The van der Waals surface area contributed by atoms with Gasteiger partial charge in [-0.05, 0) is 51.3 Å². The summed E-state index contributed by atoms with van der Waals surface area (Å²) < 4.78 is 13.6. The van der Waals surface area contributed by atoms with Gasteiger partial charge in [0, 0.05) is 23.7 Å². The number of hydrogen-bond acceptors (Lipinski definition) is 3. The quantitative estimate of drug-likeness (QED) is 0.359. The van der Waals surface area contributed by atoms with Crippen molar-refractivity contribution in [1.82, 2.24) is 4.98 Å². The summed E-state index contributed by atoms with van der Waals surface area (Å²) >= 11 is 3.42. The van der Waals surface area contributed by atoms with Crippen molar-refractivity contribution in [3.8, 4) is 11.5 Å². The van der Waals surface area contributed by atoms with E-state index in [1.807, 2.05) is 30.5 Å². The zero-order valence-electron chi connectivity index (χ0n) is 17.3. The van der Waals surface area contributed by atoms with E-state index in [4.69, 9.17) is 9.47 Å². The second-order valence-electron chi connectivity index (χ2n) is 7.94. The molecule has 0 saturated carbocycles. The van der Waals surface area contributed by atoms with Crippen LogP contribution in [0.1, 0.15) is 22.3 Å². The van der Waals surface area contributed by atoms with Gasteiger partial charge in [0.1, 0.15) is 24.3 Å². The molecule has 158 valence electrons. The number of hydrogen-bond donors (Lipinski definition) is 0. The molecule has 0 radical (unpaired) electrons. The number of aromatic nitrogens is 1. The fourth-order valence-electron chi connectivity index (χ4n) is 3.99. The third-order valence-electron chi connectivity index (χ3n) is 5.55. The van der Waals surface area contributed by atoms with Gasteiger partial charge in [-0.2, -0.15) is 0 Å². The van der Waals surface area contributed by atoms with Crippen LogP contribution in [0.5, 0.6) is 11.5 Å². The number of benzene rings is 2. The Morgan fingerprint density at radius 3 is 2.47 bits per heavy atom. The second-order valence-corrected chi connectivity index (χ2v) is 8.76. The van der Waals surface area contributed by atoms with E-state index in [9.17, 15) is 0 Å². The molecule has 0 N–H and O–H groups in total. The van der Waals surface area contributed by atoms with E-state index in [2.05, 4.69) is 58.3 Å².